The number of aromatic nitrogens is 2. The molecule has 1 unspecified atom stereocenters. The van der Waals surface area contributed by atoms with Gasteiger partial charge in [-0.3, -0.25) is 4.79 Å². The number of amides is 1. The monoisotopic (exact) mass is 270 g/mol. The standard InChI is InChI=1S/C10H14N4O5/c1-5(2)3-7(10(16)17)11-9(15)6-4-8(13-12-6)14(18)19/h4-5,7H,3H2,1-2H3,(H,11,15)(H,12,13)(H,16,17). The molecule has 1 atom stereocenters. The van der Waals surface area contributed by atoms with E-state index in [-0.39, 0.29) is 18.0 Å². The second-order valence-corrected chi connectivity index (χ2v) is 4.39. The Kier molecular flexibility index (Phi) is 4.56. The fourth-order valence-electron chi connectivity index (χ4n) is 1.45. The highest BCUT2D eigenvalue weighted by Crippen LogP contribution is 2.09. The summed E-state index contributed by atoms with van der Waals surface area (Å²) in [4.78, 5) is 32.4. The Labute approximate surface area is 108 Å². The predicted octanol–water partition coefficient (Wildman–Crippen LogP) is 0.547. The number of aliphatic carboxylic acids is 1. The Morgan fingerprint density at radius 2 is 2.21 bits per heavy atom. The Balaban J connectivity index is 2.75. The molecule has 9 nitrogen and oxygen atoms in total. The van der Waals surface area contributed by atoms with Crippen molar-refractivity contribution in [2.75, 3.05) is 0 Å². The van der Waals surface area contributed by atoms with Crippen LogP contribution in [0.1, 0.15) is 30.8 Å². The number of carbonyl (C=O) groups excluding carboxylic acids is 1. The number of carboxylic acids is 1. The summed E-state index contributed by atoms with van der Waals surface area (Å²) in [6, 6.07) is -0.105. The van der Waals surface area contributed by atoms with Crippen molar-refractivity contribution in [3.8, 4) is 0 Å². The normalized spacial score (nSPS) is 12.2. The number of aromatic amines is 1. The quantitative estimate of drug-likeness (QED) is 0.509. The molecule has 0 saturated carbocycles. The lowest BCUT2D eigenvalue weighted by Crippen LogP contribution is -2.41. The average molecular weight is 270 g/mol. The highest BCUT2D eigenvalue weighted by atomic mass is 16.6. The van der Waals surface area contributed by atoms with E-state index in [0.717, 1.165) is 6.07 Å². The summed E-state index contributed by atoms with van der Waals surface area (Å²) in [6.45, 7) is 3.64. The lowest BCUT2D eigenvalue weighted by molar-refractivity contribution is -0.389. The number of H-pyrrole nitrogens is 1. The maximum Gasteiger partial charge on any atom is 0.343 e. The lowest BCUT2D eigenvalue weighted by atomic mass is 10.0. The molecule has 1 heterocycles. The third-order valence-electron chi connectivity index (χ3n) is 2.30. The van der Waals surface area contributed by atoms with Gasteiger partial charge in [-0.15, -0.1) is 5.10 Å². The van der Waals surface area contributed by atoms with Crippen molar-refractivity contribution >= 4 is 17.7 Å². The van der Waals surface area contributed by atoms with Gasteiger partial charge < -0.3 is 20.5 Å². The van der Waals surface area contributed by atoms with Gasteiger partial charge in [0.1, 0.15) is 6.04 Å². The van der Waals surface area contributed by atoms with Gasteiger partial charge in [0.15, 0.2) is 5.69 Å². The van der Waals surface area contributed by atoms with Crippen LogP contribution in [-0.2, 0) is 4.79 Å². The highest BCUT2D eigenvalue weighted by molar-refractivity contribution is 5.95. The van der Waals surface area contributed by atoms with Crippen LogP contribution in [0, 0.1) is 16.0 Å². The van der Waals surface area contributed by atoms with Gasteiger partial charge in [-0.1, -0.05) is 18.9 Å². The van der Waals surface area contributed by atoms with Gasteiger partial charge in [-0.2, -0.15) is 0 Å². The summed E-state index contributed by atoms with van der Waals surface area (Å²) < 4.78 is 0. The molecule has 3 N–H and O–H groups in total. The molecule has 0 aliphatic carbocycles. The summed E-state index contributed by atoms with van der Waals surface area (Å²) in [6.07, 6.45) is 0.258. The number of nitro groups is 1. The van der Waals surface area contributed by atoms with E-state index in [1.807, 2.05) is 13.8 Å². The van der Waals surface area contributed by atoms with E-state index in [1.165, 1.54) is 0 Å². The van der Waals surface area contributed by atoms with Crippen molar-refractivity contribution in [1.29, 1.82) is 0 Å². The van der Waals surface area contributed by atoms with E-state index in [9.17, 15) is 19.7 Å². The van der Waals surface area contributed by atoms with Gasteiger partial charge in [0.25, 0.3) is 5.91 Å². The van der Waals surface area contributed by atoms with Crippen LogP contribution in [0.5, 0.6) is 0 Å². The number of carboxylic acid groups (broad SMARTS) is 1. The Morgan fingerprint density at radius 1 is 1.58 bits per heavy atom. The third kappa shape index (κ3) is 4.05. The summed E-state index contributed by atoms with van der Waals surface area (Å²) in [5, 5.41) is 27.2. The van der Waals surface area contributed by atoms with Gasteiger partial charge in [0.05, 0.1) is 6.07 Å². The molecule has 104 valence electrons. The van der Waals surface area contributed by atoms with Crippen molar-refractivity contribution in [3.05, 3.63) is 21.9 Å². The van der Waals surface area contributed by atoms with Crippen LogP contribution in [0.15, 0.2) is 6.07 Å². The van der Waals surface area contributed by atoms with Gasteiger partial charge in [0.2, 0.25) is 0 Å². The molecule has 0 aliphatic rings. The van der Waals surface area contributed by atoms with Crippen molar-refractivity contribution in [3.63, 3.8) is 0 Å². The van der Waals surface area contributed by atoms with Crippen LogP contribution in [0.2, 0.25) is 0 Å². The van der Waals surface area contributed by atoms with E-state index < -0.39 is 28.7 Å². The molecule has 0 bridgehead atoms. The topological polar surface area (TPSA) is 138 Å². The van der Waals surface area contributed by atoms with Crippen molar-refractivity contribution < 1.29 is 19.6 Å². The second kappa shape index (κ2) is 5.94. The largest absolute Gasteiger partial charge is 0.480 e. The predicted molar refractivity (Wildman–Crippen MR) is 63.6 cm³/mol. The zero-order valence-electron chi connectivity index (χ0n) is 10.4. The number of hydrogen-bond donors (Lipinski definition) is 3. The fourth-order valence-corrected chi connectivity index (χ4v) is 1.45. The Morgan fingerprint density at radius 3 is 2.63 bits per heavy atom. The Hall–Kier alpha value is -2.45. The molecule has 1 rings (SSSR count). The van der Waals surface area contributed by atoms with E-state index >= 15 is 0 Å². The lowest BCUT2D eigenvalue weighted by Gasteiger charge is -2.15. The fraction of sp³-hybridized carbons (Fsp3) is 0.500. The number of rotatable bonds is 6. The molecule has 0 aromatic carbocycles. The molecule has 0 fully saturated rings. The van der Waals surface area contributed by atoms with Crippen LogP contribution >= 0.6 is 0 Å². The van der Waals surface area contributed by atoms with Crippen molar-refractivity contribution in [1.82, 2.24) is 15.5 Å². The highest BCUT2D eigenvalue weighted by Gasteiger charge is 2.24. The molecule has 9 heteroatoms. The first-order valence-electron chi connectivity index (χ1n) is 5.54. The zero-order chi connectivity index (χ0) is 14.6. The smallest absolute Gasteiger partial charge is 0.343 e. The average Bonchev–Trinajstić information content (AvgIpc) is 2.76. The summed E-state index contributed by atoms with van der Waals surface area (Å²) in [5.41, 5.74) is -0.221. The van der Waals surface area contributed by atoms with Gasteiger partial charge in [-0.25, -0.2) is 4.79 Å². The molecular formula is C10H14N4O5. The maximum absolute atomic E-state index is 11.7. The van der Waals surface area contributed by atoms with Crippen LogP contribution in [0.25, 0.3) is 0 Å². The van der Waals surface area contributed by atoms with Gasteiger partial charge in [0, 0.05) is 0 Å². The molecule has 1 aromatic heterocycles. The second-order valence-electron chi connectivity index (χ2n) is 4.39. The van der Waals surface area contributed by atoms with E-state index in [1.54, 1.807) is 0 Å². The van der Waals surface area contributed by atoms with Crippen molar-refractivity contribution in [2.45, 2.75) is 26.3 Å². The number of hydrogen-bond acceptors (Lipinski definition) is 5. The van der Waals surface area contributed by atoms with Gasteiger partial charge in [-0.05, 0) is 17.3 Å². The van der Waals surface area contributed by atoms with Crippen molar-refractivity contribution in [2.24, 2.45) is 5.92 Å². The minimum absolute atomic E-state index is 0.0786. The van der Waals surface area contributed by atoms with Crippen LogP contribution in [-0.4, -0.2) is 38.1 Å². The first-order valence-corrected chi connectivity index (χ1v) is 5.54. The minimum Gasteiger partial charge on any atom is -0.480 e. The van der Waals surface area contributed by atoms with E-state index in [2.05, 4.69) is 15.5 Å². The molecule has 0 aliphatic heterocycles. The maximum atomic E-state index is 11.7. The zero-order valence-corrected chi connectivity index (χ0v) is 10.4. The molecule has 0 spiro atoms. The number of nitrogens with one attached hydrogen (secondary N) is 2. The summed E-state index contributed by atoms with van der Waals surface area (Å²) >= 11 is 0. The molecule has 0 saturated heterocycles. The molecule has 19 heavy (non-hydrogen) atoms. The SMILES string of the molecule is CC(C)CC(NC(=O)c1cc([N+](=O)[O-])[nH]n1)C(=O)O. The summed E-state index contributed by atoms with van der Waals surface area (Å²) in [7, 11) is 0. The van der Waals surface area contributed by atoms with Crippen LogP contribution in [0.3, 0.4) is 0 Å². The van der Waals surface area contributed by atoms with Crippen LogP contribution in [0.4, 0.5) is 5.82 Å². The summed E-state index contributed by atoms with van der Waals surface area (Å²) in [5.74, 6) is -2.28. The first kappa shape index (κ1) is 14.6. The Bertz CT molecular complexity index is 496. The third-order valence-corrected chi connectivity index (χ3v) is 2.30. The van der Waals surface area contributed by atoms with E-state index in [0.29, 0.717) is 0 Å². The number of nitrogens with zero attached hydrogens (tertiary/aromatic N) is 2. The minimum atomic E-state index is -1.16. The molecule has 1 aromatic rings. The number of carbonyl (C=O) groups is 2. The molecular weight excluding hydrogens is 256 g/mol. The molecule has 0 radical (unpaired) electrons. The first-order chi connectivity index (χ1) is 8.81. The van der Waals surface area contributed by atoms with Gasteiger partial charge >= 0.3 is 11.8 Å². The van der Waals surface area contributed by atoms with Crippen LogP contribution < -0.4 is 5.32 Å². The molecule has 1 amide bonds. The van der Waals surface area contributed by atoms with E-state index in [4.69, 9.17) is 5.11 Å².